The van der Waals surface area contributed by atoms with Gasteiger partial charge >= 0.3 is 0 Å². The summed E-state index contributed by atoms with van der Waals surface area (Å²) < 4.78 is 7.21. The van der Waals surface area contributed by atoms with Crippen LogP contribution in [-0.4, -0.2) is 50.3 Å². The largest absolute Gasteiger partial charge is 0.496 e. The second-order valence-electron chi connectivity index (χ2n) is 5.97. The second kappa shape index (κ2) is 7.74. The van der Waals surface area contributed by atoms with E-state index in [0.717, 1.165) is 28.5 Å². The van der Waals surface area contributed by atoms with Crippen molar-refractivity contribution < 1.29 is 9.53 Å². The van der Waals surface area contributed by atoms with Crippen LogP contribution in [0, 0.1) is 13.8 Å². The minimum atomic E-state index is 0.00961. The molecule has 0 bridgehead atoms. The van der Waals surface area contributed by atoms with Gasteiger partial charge in [0, 0.05) is 30.9 Å². The zero-order valence-electron chi connectivity index (χ0n) is 15.3. The standard InChI is InChI=1S/C18H21N5O2S/c1-12-9-16-20-21-18(23(16)13(2)19-12)26-11-17(24)22(3)10-14-7-5-6-8-15(14)25-4/h5-9H,10-11H2,1-4H3. The van der Waals surface area contributed by atoms with Gasteiger partial charge in [0.25, 0.3) is 0 Å². The first-order valence-corrected chi connectivity index (χ1v) is 9.16. The topological polar surface area (TPSA) is 72.6 Å². The van der Waals surface area contributed by atoms with Gasteiger partial charge in [-0.25, -0.2) is 4.98 Å². The van der Waals surface area contributed by atoms with Crippen molar-refractivity contribution in [3.63, 3.8) is 0 Å². The van der Waals surface area contributed by atoms with Gasteiger partial charge in [-0.15, -0.1) is 10.2 Å². The van der Waals surface area contributed by atoms with Crippen LogP contribution in [-0.2, 0) is 11.3 Å². The molecular weight excluding hydrogens is 350 g/mol. The molecule has 1 amide bonds. The van der Waals surface area contributed by atoms with Crippen LogP contribution in [0.15, 0.2) is 35.5 Å². The fourth-order valence-electron chi connectivity index (χ4n) is 2.71. The highest BCUT2D eigenvalue weighted by atomic mass is 32.2. The van der Waals surface area contributed by atoms with Crippen LogP contribution in [0.1, 0.15) is 17.1 Å². The number of hydrogen-bond donors (Lipinski definition) is 0. The lowest BCUT2D eigenvalue weighted by molar-refractivity contribution is -0.127. The van der Waals surface area contributed by atoms with Gasteiger partial charge in [0.15, 0.2) is 10.8 Å². The number of para-hydroxylation sites is 1. The van der Waals surface area contributed by atoms with Gasteiger partial charge in [-0.05, 0) is 19.9 Å². The number of carbonyl (C=O) groups is 1. The van der Waals surface area contributed by atoms with Gasteiger partial charge in [0.1, 0.15) is 11.6 Å². The molecule has 0 unspecified atom stereocenters. The first-order valence-electron chi connectivity index (χ1n) is 8.17. The molecule has 0 aliphatic rings. The van der Waals surface area contributed by atoms with Gasteiger partial charge in [-0.3, -0.25) is 9.20 Å². The number of thioether (sulfide) groups is 1. The van der Waals surface area contributed by atoms with E-state index in [1.807, 2.05) is 48.6 Å². The molecule has 136 valence electrons. The number of ether oxygens (including phenoxy) is 1. The van der Waals surface area contributed by atoms with Crippen molar-refractivity contribution >= 4 is 23.3 Å². The highest BCUT2D eigenvalue weighted by molar-refractivity contribution is 7.99. The lowest BCUT2D eigenvalue weighted by Gasteiger charge is -2.18. The monoisotopic (exact) mass is 371 g/mol. The number of hydrogen-bond acceptors (Lipinski definition) is 6. The average Bonchev–Trinajstić information content (AvgIpc) is 3.03. The highest BCUT2D eigenvalue weighted by Crippen LogP contribution is 2.21. The number of carbonyl (C=O) groups excluding carboxylic acids is 1. The number of fused-ring (bicyclic) bond motifs is 1. The fraction of sp³-hybridized carbons (Fsp3) is 0.333. The number of rotatable bonds is 6. The molecule has 26 heavy (non-hydrogen) atoms. The molecule has 3 aromatic rings. The first-order chi connectivity index (χ1) is 12.5. The van der Waals surface area contributed by atoms with E-state index in [0.29, 0.717) is 11.7 Å². The van der Waals surface area contributed by atoms with Crippen molar-refractivity contribution in [2.45, 2.75) is 25.5 Å². The van der Waals surface area contributed by atoms with E-state index in [1.54, 1.807) is 19.1 Å². The molecule has 0 aliphatic heterocycles. The zero-order chi connectivity index (χ0) is 18.7. The summed E-state index contributed by atoms with van der Waals surface area (Å²) in [6.07, 6.45) is 0. The Hall–Kier alpha value is -2.61. The third-order valence-corrected chi connectivity index (χ3v) is 4.92. The predicted octanol–water partition coefficient (Wildman–Crippen LogP) is 2.50. The van der Waals surface area contributed by atoms with Gasteiger partial charge in [0.2, 0.25) is 5.91 Å². The van der Waals surface area contributed by atoms with E-state index in [9.17, 15) is 4.79 Å². The molecule has 8 heteroatoms. The molecule has 2 heterocycles. The van der Waals surface area contributed by atoms with Crippen molar-refractivity contribution in [3.8, 4) is 5.75 Å². The minimum absolute atomic E-state index is 0.00961. The van der Waals surface area contributed by atoms with Gasteiger partial charge < -0.3 is 9.64 Å². The Kier molecular flexibility index (Phi) is 5.41. The van der Waals surface area contributed by atoms with E-state index in [4.69, 9.17) is 4.74 Å². The molecule has 0 radical (unpaired) electrons. The zero-order valence-corrected chi connectivity index (χ0v) is 16.1. The summed E-state index contributed by atoms with van der Waals surface area (Å²) in [5, 5.41) is 9.02. The van der Waals surface area contributed by atoms with Crippen LogP contribution >= 0.6 is 11.8 Å². The van der Waals surface area contributed by atoms with Crippen LogP contribution < -0.4 is 4.74 Å². The summed E-state index contributed by atoms with van der Waals surface area (Å²) in [5.74, 6) is 1.87. The van der Waals surface area contributed by atoms with Crippen molar-refractivity contribution in [2.24, 2.45) is 0 Å². The number of aryl methyl sites for hydroxylation is 2. The van der Waals surface area contributed by atoms with E-state index in [1.165, 1.54) is 11.8 Å². The third kappa shape index (κ3) is 3.80. The molecule has 0 saturated heterocycles. The maximum absolute atomic E-state index is 12.5. The Morgan fingerprint density at radius 3 is 2.81 bits per heavy atom. The van der Waals surface area contributed by atoms with E-state index >= 15 is 0 Å². The summed E-state index contributed by atoms with van der Waals surface area (Å²) in [6, 6.07) is 9.57. The van der Waals surface area contributed by atoms with Gasteiger partial charge in [0.05, 0.1) is 12.9 Å². The Labute approximate surface area is 156 Å². The van der Waals surface area contributed by atoms with Crippen molar-refractivity contribution in [3.05, 3.63) is 47.4 Å². The van der Waals surface area contributed by atoms with Crippen molar-refractivity contribution in [1.82, 2.24) is 24.5 Å². The Morgan fingerprint density at radius 2 is 2.04 bits per heavy atom. The van der Waals surface area contributed by atoms with Crippen LogP contribution in [0.25, 0.3) is 5.65 Å². The lowest BCUT2D eigenvalue weighted by atomic mass is 10.2. The Morgan fingerprint density at radius 1 is 1.27 bits per heavy atom. The maximum atomic E-state index is 12.5. The first kappa shape index (κ1) is 18.2. The average molecular weight is 371 g/mol. The quantitative estimate of drug-likeness (QED) is 0.620. The Bertz CT molecular complexity index is 940. The van der Waals surface area contributed by atoms with E-state index in [2.05, 4.69) is 15.2 Å². The molecule has 0 spiro atoms. The van der Waals surface area contributed by atoms with Crippen LogP contribution in [0.5, 0.6) is 5.75 Å². The molecule has 2 aromatic heterocycles. The summed E-state index contributed by atoms with van der Waals surface area (Å²) >= 11 is 1.36. The van der Waals surface area contributed by atoms with Crippen molar-refractivity contribution in [1.29, 1.82) is 0 Å². The molecule has 7 nitrogen and oxygen atoms in total. The number of nitrogens with zero attached hydrogens (tertiary/aromatic N) is 5. The predicted molar refractivity (Wildman–Crippen MR) is 100 cm³/mol. The summed E-state index contributed by atoms with van der Waals surface area (Å²) in [5.41, 5.74) is 2.61. The SMILES string of the molecule is COc1ccccc1CN(C)C(=O)CSc1nnc2cc(C)nc(C)n12. The number of amides is 1. The van der Waals surface area contributed by atoms with Crippen LogP contribution in [0.2, 0.25) is 0 Å². The van der Waals surface area contributed by atoms with Gasteiger partial charge in [-0.2, -0.15) is 0 Å². The van der Waals surface area contributed by atoms with Crippen LogP contribution in [0.3, 0.4) is 0 Å². The molecule has 0 fully saturated rings. The smallest absolute Gasteiger partial charge is 0.233 e. The molecule has 3 rings (SSSR count). The lowest BCUT2D eigenvalue weighted by Crippen LogP contribution is -2.28. The second-order valence-corrected chi connectivity index (χ2v) is 6.91. The molecule has 0 N–H and O–H groups in total. The summed E-state index contributed by atoms with van der Waals surface area (Å²) in [4.78, 5) is 18.6. The molecular formula is C18H21N5O2S. The van der Waals surface area contributed by atoms with Gasteiger partial charge in [-0.1, -0.05) is 30.0 Å². The number of methoxy groups -OCH3 is 1. The van der Waals surface area contributed by atoms with Crippen molar-refractivity contribution in [2.75, 3.05) is 19.9 Å². The fourth-order valence-corrected chi connectivity index (χ4v) is 3.64. The molecule has 0 saturated carbocycles. The van der Waals surface area contributed by atoms with E-state index in [-0.39, 0.29) is 11.7 Å². The summed E-state index contributed by atoms with van der Waals surface area (Å²) in [7, 11) is 3.42. The van der Waals surface area contributed by atoms with Crippen LogP contribution in [0.4, 0.5) is 0 Å². The number of benzene rings is 1. The minimum Gasteiger partial charge on any atom is -0.496 e. The molecule has 1 aromatic carbocycles. The number of aromatic nitrogens is 4. The van der Waals surface area contributed by atoms with E-state index < -0.39 is 0 Å². The summed E-state index contributed by atoms with van der Waals surface area (Å²) in [6.45, 7) is 4.32. The third-order valence-electron chi connectivity index (χ3n) is 4.01. The normalized spacial score (nSPS) is 10.9. The molecule has 0 aliphatic carbocycles. The maximum Gasteiger partial charge on any atom is 0.233 e. The molecule has 0 atom stereocenters. The Balaban J connectivity index is 1.67. The highest BCUT2D eigenvalue weighted by Gasteiger charge is 2.15.